The number of hydrogen-bond acceptors (Lipinski definition) is 5. The van der Waals surface area contributed by atoms with Crippen molar-refractivity contribution in [1.82, 2.24) is 20.0 Å². The molecule has 0 radical (unpaired) electrons. The van der Waals surface area contributed by atoms with Crippen molar-refractivity contribution in [1.29, 1.82) is 0 Å². The predicted molar refractivity (Wildman–Crippen MR) is 83.9 cm³/mol. The summed E-state index contributed by atoms with van der Waals surface area (Å²) in [6.07, 6.45) is 5.31. The van der Waals surface area contributed by atoms with Gasteiger partial charge in [0, 0.05) is 36.3 Å². The van der Waals surface area contributed by atoms with E-state index >= 15 is 0 Å². The highest BCUT2D eigenvalue weighted by Crippen LogP contribution is 2.22. The lowest BCUT2D eigenvalue weighted by Crippen LogP contribution is -2.22. The summed E-state index contributed by atoms with van der Waals surface area (Å²) in [4.78, 5) is 10.6. The van der Waals surface area contributed by atoms with Crippen molar-refractivity contribution in [3.05, 3.63) is 66.4 Å². The van der Waals surface area contributed by atoms with Crippen molar-refractivity contribution in [3.63, 3.8) is 0 Å². The Bertz CT molecular complexity index is 712. The number of aromatic nitrogens is 3. The van der Waals surface area contributed by atoms with Gasteiger partial charge in [-0.3, -0.25) is 14.9 Å². The van der Waals surface area contributed by atoms with Crippen LogP contribution in [0.1, 0.15) is 24.4 Å². The van der Waals surface area contributed by atoms with Gasteiger partial charge in [-0.1, -0.05) is 11.2 Å². The lowest BCUT2D eigenvalue weighted by molar-refractivity contribution is 0.218. The first kappa shape index (κ1) is 14.4. The van der Waals surface area contributed by atoms with Gasteiger partial charge < -0.3 is 4.52 Å². The number of rotatable bonds is 5. The maximum Gasteiger partial charge on any atom is 0.151 e. The Morgan fingerprint density at radius 3 is 2.68 bits per heavy atom. The van der Waals surface area contributed by atoms with E-state index < -0.39 is 0 Å². The zero-order chi connectivity index (χ0) is 15.4. The van der Waals surface area contributed by atoms with Crippen molar-refractivity contribution >= 4 is 0 Å². The molecule has 0 aliphatic heterocycles. The van der Waals surface area contributed by atoms with Crippen LogP contribution in [0, 0.1) is 0 Å². The van der Waals surface area contributed by atoms with Gasteiger partial charge in [-0.25, -0.2) is 0 Å². The molecule has 5 nitrogen and oxygen atoms in total. The average Bonchev–Trinajstić information content (AvgIpc) is 3.04. The van der Waals surface area contributed by atoms with E-state index in [1.54, 1.807) is 12.4 Å². The van der Waals surface area contributed by atoms with E-state index in [4.69, 9.17) is 4.52 Å². The molecule has 112 valence electrons. The fourth-order valence-electron chi connectivity index (χ4n) is 2.28. The summed E-state index contributed by atoms with van der Waals surface area (Å²) in [5.74, 6) is 0.831. The molecule has 5 heteroatoms. The van der Waals surface area contributed by atoms with Crippen molar-refractivity contribution in [2.45, 2.75) is 19.5 Å². The van der Waals surface area contributed by atoms with Gasteiger partial charge in [0.25, 0.3) is 0 Å². The Hall–Kier alpha value is -2.53. The molecule has 0 aliphatic rings. The summed E-state index contributed by atoms with van der Waals surface area (Å²) in [5.41, 5.74) is 2.88. The summed E-state index contributed by atoms with van der Waals surface area (Å²) in [5, 5.41) is 4.13. The predicted octanol–water partition coefficient (Wildman–Crippen LogP) is 3.32. The van der Waals surface area contributed by atoms with Gasteiger partial charge in [0.1, 0.15) is 5.69 Å². The topological polar surface area (TPSA) is 55.1 Å². The van der Waals surface area contributed by atoms with Crippen LogP contribution in [-0.4, -0.2) is 27.1 Å². The number of nitrogens with zero attached hydrogens (tertiary/aromatic N) is 4. The molecular formula is C17H18N4O. The summed E-state index contributed by atoms with van der Waals surface area (Å²) in [6, 6.07) is 12.0. The molecular weight excluding hydrogens is 276 g/mol. The molecule has 0 spiro atoms. The molecule has 3 heterocycles. The number of pyridine rings is 2. The van der Waals surface area contributed by atoms with Crippen LogP contribution in [0.25, 0.3) is 11.3 Å². The molecule has 0 saturated heterocycles. The highest BCUT2D eigenvalue weighted by molar-refractivity contribution is 5.57. The maximum absolute atomic E-state index is 5.44. The van der Waals surface area contributed by atoms with Crippen molar-refractivity contribution in [3.8, 4) is 11.3 Å². The smallest absolute Gasteiger partial charge is 0.151 e. The second-order valence-corrected chi connectivity index (χ2v) is 5.26. The monoisotopic (exact) mass is 294 g/mol. The fourth-order valence-corrected chi connectivity index (χ4v) is 2.28. The minimum absolute atomic E-state index is 0.204. The molecule has 0 amide bonds. The summed E-state index contributed by atoms with van der Waals surface area (Å²) < 4.78 is 5.44. The summed E-state index contributed by atoms with van der Waals surface area (Å²) in [6.45, 7) is 2.80. The Kier molecular flexibility index (Phi) is 4.25. The maximum atomic E-state index is 5.44. The molecule has 3 aromatic rings. The van der Waals surface area contributed by atoms with Gasteiger partial charge in [0.15, 0.2) is 5.76 Å². The molecule has 1 unspecified atom stereocenters. The summed E-state index contributed by atoms with van der Waals surface area (Å²) >= 11 is 0. The van der Waals surface area contributed by atoms with E-state index in [1.807, 2.05) is 49.6 Å². The van der Waals surface area contributed by atoms with Crippen molar-refractivity contribution in [2.75, 3.05) is 7.05 Å². The van der Waals surface area contributed by atoms with Crippen LogP contribution in [0.2, 0.25) is 0 Å². The second kappa shape index (κ2) is 6.49. The van der Waals surface area contributed by atoms with Gasteiger partial charge in [-0.15, -0.1) is 0 Å². The Morgan fingerprint density at radius 2 is 1.95 bits per heavy atom. The van der Waals surface area contributed by atoms with Crippen LogP contribution < -0.4 is 0 Å². The van der Waals surface area contributed by atoms with Crippen LogP contribution in [0.4, 0.5) is 0 Å². The molecule has 0 aromatic carbocycles. The number of hydrogen-bond donors (Lipinski definition) is 0. The quantitative estimate of drug-likeness (QED) is 0.722. The molecule has 0 saturated carbocycles. The van der Waals surface area contributed by atoms with Gasteiger partial charge in [0.05, 0.1) is 12.2 Å². The van der Waals surface area contributed by atoms with Gasteiger partial charge >= 0.3 is 0 Å². The third-order valence-electron chi connectivity index (χ3n) is 3.72. The second-order valence-electron chi connectivity index (χ2n) is 5.26. The molecule has 22 heavy (non-hydrogen) atoms. The molecule has 0 bridgehead atoms. The molecule has 3 rings (SSSR count). The van der Waals surface area contributed by atoms with E-state index in [-0.39, 0.29) is 6.04 Å². The molecule has 3 aromatic heterocycles. The lowest BCUT2D eigenvalue weighted by Gasteiger charge is -2.22. The highest BCUT2D eigenvalue weighted by atomic mass is 16.5. The SMILES string of the molecule is CC(c1ccccn1)N(C)Cc1cc(-c2ccncc2)no1. The first-order valence-corrected chi connectivity index (χ1v) is 7.21. The van der Waals surface area contributed by atoms with E-state index in [2.05, 4.69) is 26.9 Å². The lowest BCUT2D eigenvalue weighted by atomic mass is 10.1. The van der Waals surface area contributed by atoms with Crippen LogP contribution in [-0.2, 0) is 6.54 Å². The zero-order valence-electron chi connectivity index (χ0n) is 12.7. The highest BCUT2D eigenvalue weighted by Gasteiger charge is 2.15. The molecule has 0 N–H and O–H groups in total. The Labute approximate surface area is 129 Å². The zero-order valence-corrected chi connectivity index (χ0v) is 12.7. The largest absolute Gasteiger partial charge is 0.359 e. The fraction of sp³-hybridized carbons (Fsp3) is 0.235. The van der Waals surface area contributed by atoms with Crippen molar-refractivity contribution in [2.24, 2.45) is 0 Å². The van der Waals surface area contributed by atoms with E-state index in [0.29, 0.717) is 6.54 Å². The van der Waals surface area contributed by atoms with E-state index in [1.165, 1.54) is 0 Å². The minimum Gasteiger partial charge on any atom is -0.359 e. The van der Waals surface area contributed by atoms with Crippen molar-refractivity contribution < 1.29 is 4.52 Å². The third-order valence-corrected chi connectivity index (χ3v) is 3.72. The minimum atomic E-state index is 0.204. The van der Waals surface area contributed by atoms with E-state index in [9.17, 15) is 0 Å². The van der Waals surface area contributed by atoms with Crippen LogP contribution in [0.5, 0.6) is 0 Å². The molecule has 0 fully saturated rings. The molecule has 1 atom stereocenters. The standard InChI is InChI=1S/C17H18N4O/c1-13(16-5-3-4-8-19-16)21(2)12-15-11-17(20-22-15)14-6-9-18-10-7-14/h3-11,13H,12H2,1-2H3. The van der Waals surface area contributed by atoms with Crippen LogP contribution in [0.15, 0.2) is 59.5 Å². The van der Waals surface area contributed by atoms with Crippen LogP contribution >= 0.6 is 0 Å². The first-order valence-electron chi connectivity index (χ1n) is 7.21. The Balaban J connectivity index is 1.70. The van der Waals surface area contributed by atoms with Gasteiger partial charge in [-0.05, 0) is 38.2 Å². The first-order chi connectivity index (χ1) is 10.7. The van der Waals surface area contributed by atoms with Gasteiger partial charge in [-0.2, -0.15) is 0 Å². The molecule has 0 aliphatic carbocycles. The average molecular weight is 294 g/mol. The van der Waals surface area contributed by atoms with E-state index in [0.717, 1.165) is 22.7 Å². The van der Waals surface area contributed by atoms with Gasteiger partial charge in [0.2, 0.25) is 0 Å². The van der Waals surface area contributed by atoms with Crippen LogP contribution in [0.3, 0.4) is 0 Å². The summed E-state index contributed by atoms with van der Waals surface area (Å²) in [7, 11) is 2.05. The normalized spacial score (nSPS) is 12.5. The Morgan fingerprint density at radius 1 is 1.14 bits per heavy atom. The third kappa shape index (κ3) is 3.20.